The molecule has 2 aromatic carbocycles. The summed E-state index contributed by atoms with van der Waals surface area (Å²) in [6, 6.07) is 15.1. The lowest BCUT2D eigenvalue weighted by Gasteiger charge is -2.05. The van der Waals surface area contributed by atoms with Gasteiger partial charge in [-0.2, -0.15) is 5.10 Å². The Morgan fingerprint density at radius 2 is 1.88 bits per heavy atom. The minimum Gasteiger partial charge on any atom is -0.494 e. The van der Waals surface area contributed by atoms with Gasteiger partial charge in [0.05, 0.1) is 25.8 Å². The molecule has 0 bridgehead atoms. The van der Waals surface area contributed by atoms with E-state index < -0.39 is 0 Å². The van der Waals surface area contributed by atoms with Crippen LogP contribution in [0, 0.1) is 0 Å². The zero-order valence-electron chi connectivity index (χ0n) is 14.7. The van der Waals surface area contributed by atoms with Crippen LogP contribution in [0.3, 0.4) is 0 Å². The molecule has 1 amide bonds. The van der Waals surface area contributed by atoms with E-state index in [1.807, 2.05) is 55.5 Å². The first kappa shape index (κ1) is 18.5. The zero-order valence-corrected chi connectivity index (χ0v) is 14.7. The van der Waals surface area contributed by atoms with E-state index >= 15 is 0 Å². The van der Waals surface area contributed by atoms with E-state index in [2.05, 4.69) is 17.5 Å². The largest absolute Gasteiger partial charge is 0.494 e. The van der Waals surface area contributed by atoms with Crippen LogP contribution in [0.1, 0.15) is 31.4 Å². The number of hydrogen-bond acceptors (Lipinski definition) is 4. The highest BCUT2D eigenvalue weighted by Gasteiger charge is 2.02. The SMILES string of the molecule is CCCOc1cccc(/C=N\NC(=O)Cc2ccc(OCC)cc2)c1. The average Bonchev–Trinajstić information content (AvgIpc) is 2.62. The third-order valence-electron chi connectivity index (χ3n) is 3.33. The lowest BCUT2D eigenvalue weighted by Crippen LogP contribution is -2.19. The van der Waals surface area contributed by atoms with Crippen molar-refractivity contribution in [2.75, 3.05) is 13.2 Å². The quantitative estimate of drug-likeness (QED) is 0.561. The topological polar surface area (TPSA) is 59.9 Å². The molecule has 5 heteroatoms. The summed E-state index contributed by atoms with van der Waals surface area (Å²) in [6.07, 6.45) is 2.83. The molecule has 0 aliphatic heterocycles. The van der Waals surface area contributed by atoms with Gasteiger partial charge in [0.2, 0.25) is 5.91 Å². The molecule has 0 atom stereocenters. The Morgan fingerprint density at radius 1 is 1.08 bits per heavy atom. The summed E-state index contributed by atoms with van der Waals surface area (Å²) in [4.78, 5) is 11.9. The standard InChI is InChI=1S/C20H24N2O3/c1-3-12-25-19-7-5-6-17(13-19)15-21-22-20(23)14-16-8-10-18(11-9-16)24-4-2/h5-11,13,15H,3-4,12,14H2,1-2H3,(H,22,23)/b21-15-. The minimum atomic E-state index is -0.168. The molecule has 2 aromatic rings. The molecular weight excluding hydrogens is 316 g/mol. The van der Waals surface area contributed by atoms with Crippen LogP contribution in [0.25, 0.3) is 0 Å². The minimum absolute atomic E-state index is 0.168. The van der Waals surface area contributed by atoms with Crippen LogP contribution in [0.5, 0.6) is 11.5 Å². The van der Waals surface area contributed by atoms with Crippen LogP contribution in [0.4, 0.5) is 0 Å². The fraction of sp³-hybridized carbons (Fsp3) is 0.300. The molecule has 0 aliphatic carbocycles. The Labute approximate surface area is 148 Å². The van der Waals surface area contributed by atoms with Crippen molar-refractivity contribution < 1.29 is 14.3 Å². The van der Waals surface area contributed by atoms with E-state index in [1.165, 1.54) is 0 Å². The first-order chi connectivity index (χ1) is 12.2. The van der Waals surface area contributed by atoms with E-state index in [-0.39, 0.29) is 12.3 Å². The maximum atomic E-state index is 11.9. The van der Waals surface area contributed by atoms with Crippen LogP contribution >= 0.6 is 0 Å². The Hall–Kier alpha value is -2.82. The summed E-state index contributed by atoms with van der Waals surface area (Å²) in [5.74, 6) is 1.43. The number of nitrogens with zero attached hydrogens (tertiary/aromatic N) is 1. The van der Waals surface area contributed by atoms with E-state index in [0.717, 1.165) is 29.0 Å². The number of rotatable bonds is 9. The number of carbonyl (C=O) groups excluding carboxylic acids is 1. The maximum absolute atomic E-state index is 11.9. The van der Waals surface area contributed by atoms with Crippen molar-refractivity contribution in [3.05, 3.63) is 59.7 Å². The van der Waals surface area contributed by atoms with Crippen LogP contribution in [-0.4, -0.2) is 25.3 Å². The Morgan fingerprint density at radius 3 is 2.60 bits per heavy atom. The molecule has 0 radical (unpaired) electrons. The van der Waals surface area contributed by atoms with Crippen molar-refractivity contribution >= 4 is 12.1 Å². The monoisotopic (exact) mass is 340 g/mol. The highest BCUT2D eigenvalue weighted by molar-refractivity contribution is 5.83. The normalized spacial score (nSPS) is 10.6. The summed E-state index contributed by atoms with van der Waals surface area (Å²) in [5.41, 5.74) is 4.32. The van der Waals surface area contributed by atoms with Gasteiger partial charge in [-0.1, -0.05) is 31.2 Å². The second kappa shape index (κ2) is 10.1. The van der Waals surface area contributed by atoms with Gasteiger partial charge in [0.25, 0.3) is 0 Å². The first-order valence-electron chi connectivity index (χ1n) is 8.47. The van der Waals surface area contributed by atoms with E-state index in [4.69, 9.17) is 9.47 Å². The van der Waals surface area contributed by atoms with Gasteiger partial charge in [0, 0.05) is 0 Å². The molecule has 0 heterocycles. The molecule has 0 saturated heterocycles. The summed E-state index contributed by atoms with van der Waals surface area (Å²) >= 11 is 0. The summed E-state index contributed by atoms with van der Waals surface area (Å²) < 4.78 is 10.9. The van der Waals surface area contributed by atoms with Crippen molar-refractivity contribution in [3.63, 3.8) is 0 Å². The number of amides is 1. The first-order valence-corrected chi connectivity index (χ1v) is 8.47. The molecule has 0 aromatic heterocycles. The van der Waals surface area contributed by atoms with Gasteiger partial charge < -0.3 is 9.47 Å². The third-order valence-corrected chi connectivity index (χ3v) is 3.33. The number of hydrazone groups is 1. The van der Waals surface area contributed by atoms with Gasteiger partial charge >= 0.3 is 0 Å². The van der Waals surface area contributed by atoms with E-state index in [0.29, 0.717) is 13.2 Å². The summed E-state index contributed by atoms with van der Waals surface area (Å²) in [7, 11) is 0. The van der Waals surface area contributed by atoms with Crippen LogP contribution < -0.4 is 14.9 Å². The van der Waals surface area contributed by atoms with Crippen LogP contribution in [-0.2, 0) is 11.2 Å². The second-order valence-electron chi connectivity index (χ2n) is 5.47. The number of nitrogens with one attached hydrogen (secondary N) is 1. The van der Waals surface area contributed by atoms with E-state index in [9.17, 15) is 4.79 Å². The molecule has 0 spiro atoms. The fourth-order valence-corrected chi connectivity index (χ4v) is 2.18. The van der Waals surface area contributed by atoms with Crippen molar-refractivity contribution in [1.82, 2.24) is 5.43 Å². The van der Waals surface area contributed by atoms with Crippen molar-refractivity contribution in [1.29, 1.82) is 0 Å². The molecule has 2 rings (SSSR count). The average molecular weight is 340 g/mol. The molecular formula is C20H24N2O3. The van der Waals surface area contributed by atoms with Gasteiger partial charge in [0.1, 0.15) is 11.5 Å². The third kappa shape index (κ3) is 6.67. The predicted octanol–water partition coefficient (Wildman–Crippen LogP) is 3.57. The van der Waals surface area contributed by atoms with Crippen molar-refractivity contribution in [2.24, 2.45) is 5.10 Å². The highest BCUT2D eigenvalue weighted by atomic mass is 16.5. The Balaban J connectivity index is 1.83. The van der Waals surface area contributed by atoms with Gasteiger partial charge in [-0.3, -0.25) is 4.79 Å². The van der Waals surface area contributed by atoms with E-state index in [1.54, 1.807) is 6.21 Å². The Bertz CT molecular complexity index is 696. The fourth-order valence-electron chi connectivity index (χ4n) is 2.18. The highest BCUT2D eigenvalue weighted by Crippen LogP contribution is 2.13. The van der Waals surface area contributed by atoms with Gasteiger partial charge in [-0.05, 0) is 48.7 Å². The van der Waals surface area contributed by atoms with Crippen molar-refractivity contribution in [3.8, 4) is 11.5 Å². The molecule has 0 fully saturated rings. The lowest BCUT2D eigenvalue weighted by atomic mass is 10.1. The number of hydrogen-bond donors (Lipinski definition) is 1. The van der Waals surface area contributed by atoms with Crippen LogP contribution in [0.2, 0.25) is 0 Å². The number of carbonyl (C=O) groups is 1. The predicted molar refractivity (Wildman–Crippen MR) is 99.3 cm³/mol. The number of ether oxygens (including phenoxy) is 2. The summed E-state index contributed by atoms with van der Waals surface area (Å²) in [6.45, 7) is 5.30. The summed E-state index contributed by atoms with van der Waals surface area (Å²) in [5, 5.41) is 4.00. The van der Waals surface area contributed by atoms with Crippen LogP contribution in [0.15, 0.2) is 53.6 Å². The molecule has 25 heavy (non-hydrogen) atoms. The smallest absolute Gasteiger partial charge is 0.244 e. The molecule has 5 nitrogen and oxygen atoms in total. The maximum Gasteiger partial charge on any atom is 0.244 e. The van der Waals surface area contributed by atoms with Crippen molar-refractivity contribution in [2.45, 2.75) is 26.7 Å². The zero-order chi connectivity index (χ0) is 17.9. The lowest BCUT2D eigenvalue weighted by molar-refractivity contribution is -0.120. The molecule has 1 N–H and O–H groups in total. The molecule has 0 aliphatic rings. The molecule has 132 valence electrons. The second-order valence-corrected chi connectivity index (χ2v) is 5.47. The van der Waals surface area contributed by atoms with Gasteiger partial charge in [-0.15, -0.1) is 0 Å². The molecule has 0 saturated carbocycles. The van der Waals surface area contributed by atoms with Gasteiger partial charge in [-0.25, -0.2) is 5.43 Å². The van der Waals surface area contributed by atoms with Gasteiger partial charge in [0.15, 0.2) is 0 Å². The Kier molecular flexibility index (Phi) is 7.50. The molecule has 0 unspecified atom stereocenters. The number of benzene rings is 2.